The molecule has 0 amide bonds. The van der Waals surface area contributed by atoms with Crippen LogP contribution in [0.25, 0.3) is 16.8 Å². The molecule has 0 saturated carbocycles. The number of hydrogen-bond acceptors (Lipinski definition) is 7. The highest BCUT2D eigenvalue weighted by Crippen LogP contribution is 2.30. The van der Waals surface area contributed by atoms with Crippen molar-refractivity contribution in [1.82, 2.24) is 4.98 Å². The van der Waals surface area contributed by atoms with E-state index in [0.717, 1.165) is 11.3 Å². The van der Waals surface area contributed by atoms with Gasteiger partial charge in [-0.05, 0) is 12.1 Å². The summed E-state index contributed by atoms with van der Waals surface area (Å²) in [4.78, 5) is 15.2. The number of rotatable bonds is 6. The van der Waals surface area contributed by atoms with Crippen LogP contribution in [0.2, 0.25) is 0 Å². The van der Waals surface area contributed by atoms with Crippen LogP contribution in [0.4, 0.5) is 11.4 Å². The molecule has 0 bridgehead atoms. The normalized spacial score (nSPS) is 10.9. The third-order valence-electron chi connectivity index (χ3n) is 3.70. The topological polar surface area (TPSA) is 101 Å². The molecule has 3 rings (SSSR count). The molecule has 0 atom stereocenters. The highest BCUT2D eigenvalue weighted by Gasteiger charge is 2.15. The van der Waals surface area contributed by atoms with Gasteiger partial charge in [0.15, 0.2) is 0 Å². The van der Waals surface area contributed by atoms with Crippen LogP contribution in [-0.4, -0.2) is 17.0 Å². The van der Waals surface area contributed by atoms with E-state index in [2.05, 4.69) is 16.4 Å². The number of nitro groups is 1. The molecule has 0 saturated heterocycles. The molecule has 0 aliphatic carbocycles. The number of benzene rings is 2. The number of nitro benzene ring substituents is 1. The van der Waals surface area contributed by atoms with Crippen LogP contribution in [0, 0.1) is 21.4 Å². The minimum Gasteiger partial charge on any atom is -0.496 e. The molecule has 7 nitrogen and oxygen atoms in total. The summed E-state index contributed by atoms with van der Waals surface area (Å²) >= 11 is 1.33. The molecule has 0 fully saturated rings. The molecular weight excluding hydrogens is 364 g/mol. The van der Waals surface area contributed by atoms with Crippen LogP contribution in [0.1, 0.15) is 5.01 Å². The molecule has 0 spiro atoms. The minimum atomic E-state index is -0.512. The van der Waals surface area contributed by atoms with E-state index in [1.165, 1.54) is 36.8 Å². The van der Waals surface area contributed by atoms with Gasteiger partial charge in [0, 0.05) is 17.1 Å². The van der Waals surface area contributed by atoms with Gasteiger partial charge in [0.05, 0.1) is 23.8 Å². The predicted molar refractivity (Wildman–Crippen MR) is 104 cm³/mol. The van der Waals surface area contributed by atoms with Gasteiger partial charge < -0.3 is 10.1 Å². The summed E-state index contributed by atoms with van der Waals surface area (Å²) in [5, 5.41) is 25.9. The average Bonchev–Trinajstić information content (AvgIpc) is 3.19. The summed E-state index contributed by atoms with van der Waals surface area (Å²) in [6, 6.07) is 16.2. The van der Waals surface area contributed by atoms with E-state index in [9.17, 15) is 15.4 Å². The Balaban J connectivity index is 1.87. The zero-order valence-electron chi connectivity index (χ0n) is 14.2. The minimum absolute atomic E-state index is 0.146. The molecule has 134 valence electrons. The maximum Gasteiger partial charge on any atom is 0.296 e. The maximum absolute atomic E-state index is 11.2. The monoisotopic (exact) mass is 378 g/mol. The Morgan fingerprint density at radius 3 is 2.78 bits per heavy atom. The number of methoxy groups -OCH3 is 1. The number of hydrogen-bond donors (Lipinski definition) is 1. The summed E-state index contributed by atoms with van der Waals surface area (Å²) in [6.07, 6.45) is 1.42. The fourth-order valence-electron chi connectivity index (χ4n) is 2.34. The van der Waals surface area contributed by atoms with Gasteiger partial charge in [-0.1, -0.05) is 30.3 Å². The quantitative estimate of drug-likeness (QED) is 0.379. The number of nitrogens with zero attached hydrogens (tertiary/aromatic N) is 3. The lowest BCUT2D eigenvalue weighted by molar-refractivity contribution is -0.384. The van der Waals surface area contributed by atoms with Crippen molar-refractivity contribution < 1.29 is 9.66 Å². The van der Waals surface area contributed by atoms with E-state index in [1.807, 2.05) is 35.7 Å². The van der Waals surface area contributed by atoms with Gasteiger partial charge in [0.1, 0.15) is 28.1 Å². The van der Waals surface area contributed by atoms with Crippen LogP contribution >= 0.6 is 11.3 Å². The van der Waals surface area contributed by atoms with E-state index < -0.39 is 4.92 Å². The fourth-order valence-corrected chi connectivity index (χ4v) is 3.14. The van der Waals surface area contributed by atoms with Gasteiger partial charge in [0.2, 0.25) is 0 Å². The van der Waals surface area contributed by atoms with Crippen molar-refractivity contribution in [3.05, 3.63) is 75.2 Å². The first-order valence-corrected chi connectivity index (χ1v) is 8.71. The first-order chi connectivity index (χ1) is 13.1. The average molecular weight is 378 g/mol. The predicted octanol–water partition coefficient (Wildman–Crippen LogP) is 4.70. The molecular formula is C19H14N4O3S. The van der Waals surface area contributed by atoms with Gasteiger partial charge in [-0.25, -0.2) is 4.98 Å². The molecule has 1 heterocycles. The summed E-state index contributed by atoms with van der Waals surface area (Å²) in [5.41, 5.74) is 2.12. The lowest BCUT2D eigenvalue weighted by atomic mass is 10.2. The Morgan fingerprint density at radius 1 is 1.33 bits per heavy atom. The molecule has 0 unspecified atom stereocenters. The van der Waals surface area contributed by atoms with Crippen molar-refractivity contribution >= 4 is 28.3 Å². The zero-order valence-corrected chi connectivity index (χ0v) is 15.1. The van der Waals surface area contributed by atoms with Gasteiger partial charge >= 0.3 is 0 Å². The fraction of sp³-hybridized carbons (Fsp3) is 0.0526. The lowest BCUT2D eigenvalue weighted by Crippen LogP contribution is -1.98. The number of ether oxygens (including phenoxy) is 1. The van der Waals surface area contributed by atoms with Crippen LogP contribution in [0.5, 0.6) is 5.75 Å². The summed E-state index contributed by atoms with van der Waals surface area (Å²) in [7, 11) is 1.44. The van der Waals surface area contributed by atoms with Gasteiger partial charge in [-0.2, -0.15) is 5.26 Å². The SMILES string of the molecule is COc1ccc(N/C=C(\C#N)c2nc(-c3ccccc3)cs2)c([N+](=O)[O-])c1. The summed E-state index contributed by atoms with van der Waals surface area (Å²) in [6.45, 7) is 0. The second-order valence-electron chi connectivity index (χ2n) is 5.36. The molecule has 27 heavy (non-hydrogen) atoms. The molecule has 2 aromatic carbocycles. The molecule has 8 heteroatoms. The van der Waals surface area contributed by atoms with Crippen molar-refractivity contribution in [1.29, 1.82) is 5.26 Å². The van der Waals surface area contributed by atoms with Crippen LogP contribution in [-0.2, 0) is 0 Å². The van der Waals surface area contributed by atoms with Crippen LogP contribution in [0.3, 0.4) is 0 Å². The third kappa shape index (κ3) is 4.11. The van der Waals surface area contributed by atoms with E-state index in [0.29, 0.717) is 10.8 Å². The second-order valence-corrected chi connectivity index (χ2v) is 6.22. The highest BCUT2D eigenvalue weighted by molar-refractivity contribution is 7.11. The van der Waals surface area contributed by atoms with E-state index in [-0.39, 0.29) is 16.9 Å². The summed E-state index contributed by atoms with van der Waals surface area (Å²) < 4.78 is 5.01. The molecule has 0 aliphatic rings. The molecule has 1 aromatic heterocycles. The van der Waals surface area contributed by atoms with Gasteiger partial charge in [0.25, 0.3) is 5.69 Å². The first kappa shape index (κ1) is 18.1. The maximum atomic E-state index is 11.2. The van der Waals surface area contributed by atoms with Crippen LogP contribution in [0.15, 0.2) is 60.1 Å². The largest absolute Gasteiger partial charge is 0.496 e. The van der Waals surface area contributed by atoms with Crippen molar-refractivity contribution in [3.63, 3.8) is 0 Å². The smallest absolute Gasteiger partial charge is 0.296 e. The van der Waals surface area contributed by atoms with Crippen molar-refractivity contribution in [2.45, 2.75) is 0 Å². The summed E-state index contributed by atoms with van der Waals surface area (Å²) in [5.74, 6) is 0.379. The van der Waals surface area contributed by atoms with Crippen molar-refractivity contribution in [2.24, 2.45) is 0 Å². The number of allylic oxidation sites excluding steroid dienone is 1. The Hall–Kier alpha value is -3.70. The Labute approximate surface area is 159 Å². The lowest BCUT2D eigenvalue weighted by Gasteiger charge is -2.05. The number of nitrogens with one attached hydrogen (secondary N) is 1. The molecule has 3 aromatic rings. The Kier molecular flexibility index (Phi) is 5.44. The second kappa shape index (κ2) is 8.12. The van der Waals surface area contributed by atoms with E-state index in [1.54, 1.807) is 6.07 Å². The van der Waals surface area contributed by atoms with Crippen LogP contribution < -0.4 is 10.1 Å². The Bertz CT molecular complexity index is 1040. The molecule has 0 radical (unpaired) electrons. The van der Waals surface area contributed by atoms with E-state index in [4.69, 9.17) is 4.74 Å². The third-order valence-corrected chi connectivity index (χ3v) is 4.57. The van der Waals surface area contributed by atoms with E-state index >= 15 is 0 Å². The highest BCUT2D eigenvalue weighted by atomic mass is 32.1. The van der Waals surface area contributed by atoms with Gasteiger partial charge in [-0.15, -0.1) is 11.3 Å². The standard InChI is InChI=1S/C19H14N4O3S/c1-26-15-7-8-16(18(9-15)23(24)25)21-11-14(10-20)19-22-17(12-27-19)13-5-3-2-4-6-13/h2-9,11-12,21H,1H3/b14-11+. The molecule has 1 N–H and O–H groups in total. The number of thiazole rings is 1. The molecule has 0 aliphatic heterocycles. The van der Waals surface area contributed by atoms with Crippen molar-refractivity contribution in [2.75, 3.05) is 12.4 Å². The number of anilines is 1. The van der Waals surface area contributed by atoms with Gasteiger partial charge in [-0.3, -0.25) is 10.1 Å². The zero-order chi connectivity index (χ0) is 19.2. The number of nitriles is 1. The van der Waals surface area contributed by atoms with Crippen molar-refractivity contribution in [3.8, 4) is 23.1 Å². The number of aromatic nitrogens is 1. The first-order valence-electron chi connectivity index (χ1n) is 7.83. The Morgan fingerprint density at radius 2 is 2.11 bits per heavy atom.